The van der Waals surface area contributed by atoms with Gasteiger partial charge < -0.3 is 16.0 Å². The molecular weight excluding hydrogens is 394 g/mol. The van der Waals surface area contributed by atoms with E-state index in [2.05, 4.69) is 5.32 Å². The van der Waals surface area contributed by atoms with Gasteiger partial charge >= 0.3 is 5.69 Å². The van der Waals surface area contributed by atoms with E-state index in [-0.39, 0.29) is 18.3 Å². The van der Waals surface area contributed by atoms with E-state index in [1.807, 2.05) is 49.9 Å². The second-order valence-electron chi connectivity index (χ2n) is 8.40. The third-order valence-electron chi connectivity index (χ3n) is 5.72. The highest BCUT2D eigenvalue weighted by atomic mass is 16.2. The molecule has 1 amide bonds. The van der Waals surface area contributed by atoms with E-state index < -0.39 is 17.2 Å². The topological polar surface area (TPSA) is 102 Å². The number of nitrogens with two attached hydrogens (primary N) is 1. The summed E-state index contributed by atoms with van der Waals surface area (Å²) in [5.41, 5.74) is 7.27. The van der Waals surface area contributed by atoms with Crippen LogP contribution in [0.25, 0.3) is 0 Å². The second kappa shape index (κ2) is 9.85. The average Bonchev–Trinajstić information content (AvgIpc) is 2.75. The number of benzene rings is 1. The molecular formula is C23H33N5O3. The standard InChI is InChI=1S/C23H33N5O3/c1-4-12-27-21(24)20(26-13-8-5-9-14-26)22(30)28(23(27)31)15-19(29)25-18-11-7-6-10-17(18)16(2)3/h6-7,10-11,16H,4-5,8-9,12-15,24H2,1-3H3,(H,25,29). The molecule has 31 heavy (non-hydrogen) atoms. The van der Waals surface area contributed by atoms with Gasteiger partial charge in [0.2, 0.25) is 5.91 Å². The van der Waals surface area contributed by atoms with Crippen LogP contribution in [0.2, 0.25) is 0 Å². The fourth-order valence-electron chi connectivity index (χ4n) is 4.14. The molecule has 1 saturated heterocycles. The Labute approximate surface area is 182 Å². The smallest absolute Gasteiger partial charge is 0.333 e. The van der Waals surface area contributed by atoms with Crippen LogP contribution in [0.15, 0.2) is 33.9 Å². The van der Waals surface area contributed by atoms with Crippen molar-refractivity contribution in [2.24, 2.45) is 0 Å². The summed E-state index contributed by atoms with van der Waals surface area (Å²) in [6.45, 7) is 7.51. The van der Waals surface area contributed by atoms with Gasteiger partial charge in [0, 0.05) is 25.3 Å². The fourth-order valence-corrected chi connectivity index (χ4v) is 4.14. The highest BCUT2D eigenvalue weighted by Crippen LogP contribution is 2.24. The number of nitrogens with one attached hydrogen (secondary N) is 1. The number of hydrogen-bond donors (Lipinski definition) is 2. The van der Waals surface area contributed by atoms with Crippen molar-refractivity contribution in [2.75, 3.05) is 29.0 Å². The molecule has 2 aromatic rings. The van der Waals surface area contributed by atoms with Crippen LogP contribution in [0.3, 0.4) is 0 Å². The van der Waals surface area contributed by atoms with Crippen molar-refractivity contribution in [1.29, 1.82) is 0 Å². The van der Waals surface area contributed by atoms with Crippen LogP contribution in [0.4, 0.5) is 17.2 Å². The van der Waals surface area contributed by atoms with E-state index in [0.29, 0.717) is 24.3 Å². The molecule has 1 aliphatic rings. The van der Waals surface area contributed by atoms with Gasteiger partial charge in [-0.05, 0) is 43.2 Å². The predicted octanol–water partition coefficient (Wildman–Crippen LogP) is 2.75. The number of carbonyl (C=O) groups is 1. The molecule has 0 bridgehead atoms. The monoisotopic (exact) mass is 427 g/mol. The first-order valence-corrected chi connectivity index (χ1v) is 11.1. The Morgan fingerprint density at radius 2 is 1.77 bits per heavy atom. The van der Waals surface area contributed by atoms with E-state index in [1.54, 1.807) is 0 Å². The summed E-state index contributed by atoms with van der Waals surface area (Å²) < 4.78 is 2.43. The molecule has 0 atom stereocenters. The van der Waals surface area contributed by atoms with Crippen LogP contribution in [0.1, 0.15) is 57.9 Å². The van der Waals surface area contributed by atoms with Crippen LogP contribution >= 0.6 is 0 Å². The lowest BCUT2D eigenvalue weighted by molar-refractivity contribution is -0.116. The molecule has 1 aromatic carbocycles. The van der Waals surface area contributed by atoms with Crippen molar-refractivity contribution in [1.82, 2.24) is 9.13 Å². The Hall–Kier alpha value is -3.03. The fraction of sp³-hybridized carbons (Fsp3) is 0.522. The minimum Gasteiger partial charge on any atom is -0.383 e. The summed E-state index contributed by atoms with van der Waals surface area (Å²) in [6, 6.07) is 7.55. The molecule has 0 radical (unpaired) electrons. The molecule has 1 aliphatic heterocycles. The minimum atomic E-state index is -0.544. The van der Waals surface area contributed by atoms with Crippen LogP contribution in [-0.2, 0) is 17.9 Å². The first-order valence-electron chi connectivity index (χ1n) is 11.1. The van der Waals surface area contributed by atoms with Gasteiger partial charge in [-0.3, -0.25) is 14.2 Å². The number of nitrogens with zero attached hydrogens (tertiary/aromatic N) is 3. The zero-order valence-corrected chi connectivity index (χ0v) is 18.7. The number of anilines is 3. The van der Waals surface area contributed by atoms with Crippen molar-refractivity contribution in [3.8, 4) is 0 Å². The summed E-state index contributed by atoms with van der Waals surface area (Å²) in [6.07, 6.45) is 3.74. The number of aromatic nitrogens is 2. The molecule has 0 unspecified atom stereocenters. The van der Waals surface area contributed by atoms with Crippen molar-refractivity contribution < 1.29 is 4.79 Å². The molecule has 0 aliphatic carbocycles. The van der Waals surface area contributed by atoms with E-state index in [1.165, 1.54) is 4.57 Å². The molecule has 3 N–H and O–H groups in total. The highest BCUT2D eigenvalue weighted by Gasteiger charge is 2.24. The number of nitrogen functional groups attached to an aromatic ring is 1. The Morgan fingerprint density at radius 3 is 2.42 bits per heavy atom. The Kier molecular flexibility index (Phi) is 7.20. The molecule has 3 rings (SSSR count). The molecule has 8 heteroatoms. The lowest BCUT2D eigenvalue weighted by Crippen LogP contribution is -2.47. The number of rotatable bonds is 7. The van der Waals surface area contributed by atoms with Crippen molar-refractivity contribution >= 4 is 23.1 Å². The van der Waals surface area contributed by atoms with Crippen LogP contribution in [0.5, 0.6) is 0 Å². The highest BCUT2D eigenvalue weighted by molar-refractivity contribution is 5.91. The molecule has 1 aromatic heterocycles. The van der Waals surface area contributed by atoms with Gasteiger partial charge in [-0.1, -0.05) is 39.0 Å². The summed E-state index contributed by atoms with van der Waals surface area (Å²) in [5, 5.41) is 2.87. The normalized spacial score (nSPS) is 14.1. The second-order valence-corrected chi connectivity index (χ2v) is 8.40. The third-order valence-corrected chi connectivity index (χ3v) is 5.72. The van der Waals surface area contributed by atoms with Crippen LogP contribution in [-0.4, -0.2) is 28.1 Å². The molecule has 0 spiro atoms. The van der Waals surface area contributed by atoms with Gasteiger partial charge in [-0.25, -0.2) is 9.36 Å². The maximum absolute atomic E-state index is 13.3. The largest absolute Gasteiger partial charge is 0.383 e. The Morgan fingerprint density at radius 1 is 1.10 bits per heavy atom. The molecule has 1 fully saturated rings. The first-order chi connectivity index (χ1) is 14.8. The predicted molar refractivity (Wildman–Crippen MR) is 125 cm³/mol. The minimum absolute atomic E-state index is 0.195. The van der Waals surface area contributed by atoms with E-state index in [9.17, 15) is 14.4 Å². The van der Waals surface area contributed by atoms with Crippen molar-refractivity contribution in [3.05, 3.63) is 50.7 Å². The molecule has 0 saturated carbocycles. The van der Waals surface area contributed by atoms with E-state index in [0.717, 1.165) is 42.5 Å². The third kappa shape index (κ3) is 4.84. The summed E-state index contributed by atoms with van der Waals surface area (Å²) in [5.74, 6) is 0.00788. The summed E-state index contributed by atoms with van der Waals surface area (Å²) in [7, 11) is 0. The number of carbonyl (C=O) groups excluding carboxylic acids is 1. The zero-order valence-electron chi connectivity index (χ0n) is 18.7. The van der Waals surface area contributed by atoms with Gasteiger partial charge in [-0.15, -0.1) is 0 Å². The van der Waals surface area contributed by atoms with Crippen molar-refractivity contribution in [2.45, 2.75) is 65.5 Å². The van der Waals surface area contributed by atoms with Crippen LogP contribution in [0, 0.1) is 0 Å². The Bertz CT molecular complexity index is 1050. The first kappa shape index (κ1) is 22.7. The van der Waals surface area contributed by atoms with Gasteiger partial charge in [-0.2, -0.15) is 0 Å². The van der Waals surface area contributed by atoms with E-state index in [4.69, 9.17) is 5.73 Å². The summed E-state index contributed by atoms with van der Waals surface area (Å²) >= 11 is 0. The quantitative estimate of drug-likeness (QED) is 0.707. The van der Waals surface area contributed by atoms with Gasteiger partial charge in [0.15, 0.2) is 0 Å². The average molecular weight is 428 g/mol. The maximum atomic E-state index is 13.3. The van der Waals surface area contributed by atoms with Gasteiger partial charge in [0.25, 0.3) is 5.56 Å². The number of piperidine rings is 1. The zero-order chi connectivity index (χ0) is 22.5. The lowest BCUT2D eigenvalue weighted by atomic mass is 10.0. The lowest BCUT2D eigenvalue weighted by Gasteiger charge is -2.30. The SMILES string of the molecule is CCCn1c(N)c(N2CCCCC2)c(=O)n(CC(=O)Nc2ccccc2C(C)C)c1=O. The van der Waals surface area contributed by atoms with Gasteiger partial charge in [0.1, 0.15) is 18.1 Å². The van der Waals surface area contributed by atoms with Crippen LogP contribution < -0.4 is 27.2 Å². The molecule has 8 nitrogen and oxygen atoms in total. The van der Waals surface area contributed by atoms with E-state index >= 15 is 0 Å². The maximum Gasteiger partial charge on any atom is 0.333 e. The number of amides is 1. The number of hydrogen-bond acceptors (Lipinski definition) is 5. The van der Waals surface area contributed by atoms with Gasteiger partial charge in [0.05, 0.1) is 0 Å². The number of para-hydroxylation sites is 1. The molecule has 2 heterocycles. The molecule has 168 valence electrons. The van der Waals surface area contributed by atoms with Crippen molar-refractivity contribution in [3.63, 3.8) is 0 Å². The summed E-state index contributed by atoms with van der Waals surface area (Å²) in [4.78, 5) is 41.1. The Balaban J connectivity index is 1.98.